The van der Waals surface area contributed by atoms with Gasteiger partial charge in [0.15, 0.2) is 0 Å². The maximum atomic E-state index is 13.3. The van der Waals surface area contributed by atoms with E-state index in [1.165, 1.54) is 6.07 Å². The molecule has 2 rings (SSSR count). The van der Waals surface area contributed by atoms with Crippen LogP contribution in [-0.4, -0.2) is 11.5 Å². The average molecular weight is 272 g/mol. The molecule has 20 heavy (non-hydrogen) atoms. The summed E-state index contributed by atoms with van der Waals surface area (Å²) in [5.74, 6) is -0.194. The first-order valence-corrected chi connectivity index (χ1v) is 6.96. The van der Waals surface area contributed by atoms with Crippen LogP contribution >= 0.6 is 0 Å². The molecule has 0 aliphatic carbocycles. The van der Waals surface area contributed by atoms with Crippen molar-refractivity contribution in [3.63, 3.8) is 0 Å². The van der Waals surface area contributed by atoms with Crippen molar-refractivity contribution in [3.05, 3.63) is 64.2 Å². The number of aryl methyl sites for hydroxylation is 3. The molecule has 1 atom stereocenters. The molecule has 1 heterocycles. The maximum Gasteiger partial charge on any atom is 0.123 e. The number of benzene rings is 1. The van der Waals surface area contributed by atoms with Gasteiger partial charge in [0.25, 0.3) is 0 Å². The van der Waals surface area contributed by atoms with Gasteiger partial charge in [-0.3, -0.25) is 4.98 Å². The summed E-state index contributed by atoms with van der Waals surface area (Å²) in [6, 6.07) is 9.13. The maximum absolute atomic E-state index is 13.3. The van der Waals surface area contributed by atoms with Crippen molar-refractivity contribution in [2.75, 3.05) is 6.54 Å². The van der Waals surface area contributed by atoms with Gasteiger partial charge in [-0.05, 0) is 62.2 Å². The second-order valence-electron chi connectivity index (χ2n) is 5.12. The second-order valence-corrected chi connectivity index (χ2v) is 5.12. The van der Waals surface area contributed by atoms with Crippen molar-refractivity contribution >= 4 is 0 Å². The van der Waals surface area contributed by atoms with E-state index in [0.717, 1.165) is 34.6 Å². The molecule has 106 valence electrons. The minimum atomic E-state index is -0.194. The Labute approximate surface area is 120 Å². The summed E-state index contributed by atoms with van der Waals surface area (Å²) in [4.78, 5) is 4.54. The Kier molecular flexibility index (Phi) is 4.50. The molecule has 1 aromatic carbocycles. The molecule has 0 saturated heterocycles. The third-order valence-electron chi connectivity index (χ3n) is 3.53. The summed E-state index contributed by atoms with van der Waals surface area (Å²) >= 11 is 0. The SMILES string of the molecule is CCNC(c1ccc(F)cc1C)c1ccc(C)nc1C. The first kappa shape index (κ1) is 14.7. The van der Waals surface area contributed by atoms with E-state index in [2.05, 4.69) is 23.3 Å². The quantitative estimate of drug-likeness (QED) is 0.914. The number of nitrogens with one attached hydrogen (secondary N) is 1. The van der Waals surface area contributed by atoms with Crippen molar-refractivity contribution in [3.8, 4) is 0 Å². The van der Waals surface area contributed by atoms with Crippen LogP contribution in [0.5, 0.6) is 0 Å². The van der Waals surface area contributed by atoms with E-state index in [1.807, 2.05) is 32.9 Å². The van der Waals surface area contributed by atoms with Gasteiger partial charge in [-0.25, -0.2) is 4.39 Å². The lowest BCUT2D eigenvalue weighted by molar-refractivity contribution is 0.607. The minimum absolute atomic E-state index is 0.0497. The highest BCUT2D eigenvalue weighted by atomic mass is 19.1. The molecule has 1 N–H and O–H groups in total. The zero-order chi connectivity index (χ0) is 14.7. The van der Waals surface area contributed by atoms with Crippen LogP contribution in [0, 0.1) is 26.6 Å². The Bertz CT molecular complexity index is 556. The molecule has 1 aromatic heterocycles. The van der Waals surface area contributed by atoms with Gasteiger partial charge in [0, 0.05) is 11.4 Å². The number of halogens is 1. The second kappa shape index (κ2) is 6.14. The van der Waals surface area contributed by atoms with Crippen molar-refractivity contribution in [2.45, 2.75) is 33.7 Å². The Morgan fingerprint density at radius 1 is 1.10 bits per heavy atom. The van der Waals surface area contributed by atoms with Gasteiger partial charge < -0.3 is 5.32 Å². The van der Waals surface area contributed by atoms with E-state index in [4.69, 9.17) is 0 Å². The molecule has 2 aromatic rings. The number of pyridine rings is 1. The monoisotopic (exact) mass is 272 g/mol. The molecule has 0 radical (unpaired) electrons. The molecule has 2 nitrogen and oxygen atoms in total. The summed E-state index contributed by atoms with van der Waals surface area (Å²) < 4.78 is 13.3. The number of aromatic nitrogens is 1. The Balaban J connectivity index is 2.50. The summed E-state index contributed by atoms with van der Waals surface area (Å²) in [5, 5.41) is 3.47. The molecule has 0 fully saturated rings. The molecule has 1 unspecified atom stereocenters. The molecule has 0 aliphatic rings. The number of hydrogen-bond acceptors (Lipinski definition) is 2. The van der Waals surface area contributed by atoms with E-state index in [9.17, 15) is 4.39 Å². The smallest absolute Gasteiger partial charge is 0.123 e. The van der Waals surface area contributed by atoms with Crippen LogP contribution in [0.15, 0.2) is 30.3 Å². The fraction of sp³-hybridized carbons (Fsp3) is 0.353. The van der Waals surface area contributed by atoms with Gasteiger partial charge in [0.05, 0.1) is 6.04 Å². The van der Waals surface area contributed by atoms with Gasteiger partial charge in [-0.15, -0.1) is 0 Å². The molecular formula is C17H21FN2. The molecular weight excluding hydrogens is 251 g/mol. The first-order chi connectivity index (χ1) is 9.52. The normalized spacial score (nSPS) is 12.4. The predicted molar refractivity (Wildman–Crippen MR) is 80.4 cm³/mol. The van der Waals surface area contributed by atoms with Gasteiger partial charge in [0.1, 0.15) is 5.82 Å². The van der Waals surface area contributed by atoms with Crippen LogP contribution in [-0.2, 0) is 0 Å². The van der Waals surface area contributed by atoms with E-state index >= 15 is 0 Å². The van der Waals surface area contributed by atoms with Crippen molar-refractivity contribution in [2.24, 2.45) is 0 Å². The highest BCUT2D eigenvalue weighted by Crippen LogP contribution is 2.27. The number of hydrogen-bond donors (Lipinski definition) is 1. The lowest BCUT2D eigenvalue weighted by Crippen LogP contribution is -2.24. The molecule has 0 aliphatic heterocycles. The lowest BCUT2D eigenvalue weighted by atomic mass is 9.94. The Morgan fingerprint density at radius 2 is 1.80 bits per heavy atom. The summed E-state index contributed by atoms with van der Waals surface area (Å²) in [6.45, 7) is 8.87. The Morgan fingerprint density at radius 3 is 2.40 bits per heavy atom. The van der Waals surface area contributed by atoms with E-state index in [1.54, 1.807) is 6.07 Å². The van der Waals surface area contributed by atoms with Crippen LogP contribution in [0.1, 0.15) is 41.0 Å². The lowest BCUT2D eigenvalue weighted by Gasteiger charge is -2.22. The van der Waals surface area contributed by atoms with E-state index < -0.39 is 0 Å². The standard InChI is InChI=1S/C17H21FN2/c1-5-19-17(15-9-7-14(18)10-11(15)2)16-8-6-12(3)20-13(16)4/h6-10,17,19H,5H2,1-4H3. The zero-order valence-electron chi connectivity index (χ0n) is 12.5. The predicted octanol–water partition coefficient (Wildman–Crippen LogP) is 3.84. The third-order valence-corrected chi connectivity index (χ3v) is 3.53. The molecule has 0 saturated carbocycles. The largest absolute Gasteiger partial charge is 0.306 e. The summed E-state index contributed by atoms with van der Waals surface area (Å²) in [6.07, 6.45) is 0. The minimum Gasteiger partial charge on any atom is -0.306 e. The molecule has 0 amide bonds. The topological polar surface area (TPSA) is 24.9 Å². The number of rotatable bonds is 4. The van der Waals surface area contributed by atoms with Crippen molar-refractivity contribution in [1.82, 2.24) is 10.3 Å². The molecule has 0 bridgehead atoms. The fourth-order valence-electron chi connectivity index (χ4n) is 2.56. The van der Waals surface area contributed by atoms with Gasteiger partial charge in [-0.1, -0.05) is 19.1 Å². The summed E-state index contributed by atoms with van der Waals surface area (Å²) in [5.41, 5.74) is 5.22. The van der Waals surface area contributed by atoms with E-state index in [-0.39, 0.29) is 11.9 Å². The van der Waals surface area contributed by atoms with Crippen molar-refractivity contribution < 1.29 is 4.39 Å². The summed E-state index contributed by atoms with van der Waals surface area (Å²) in [7, 11) is 0. The van der Waals surface area contributed by atoms with Crippen LogP contribution in [0.3, 0.4) is 0 Å². The highest BCUT2D eigenvalue weighted by Gasteiger charge is 2.18. The van der Waals surface area contributed by atoms with Gasteiger partial charge in [0.2, 0.25) is 0 Å². The van der Waals surface area contributed by atoms with E-state index in [0.29, 0.717) is 0 Å². The highest BCUT2D eigenvalue weighted by molar-refractivity contribution is 5.39. The molecule has 0 spiro atoms. The van der Waals surface area contributed by atoms with Gasteiger partial charge >= 0.3 is 0 Å². The Hall–Kier alpha value is -1.74. The van der Waals surface area contributed by atoms with Crippen LogP contribution in [0.2, 0.25) is 0 Å². The van der Waals surface area contributed by atoms with Crippen molar-refractivity contribution in [1.29, 1.82) is 0 Å². The zero-order valence-corrected chi connectivity index (χ0v) is 12.5. The molecule has 3 heteroatoms. The first-order valence-electron chi connectivity index (χ1n) is 6.96. The van der Waals surface area contributed by atoms with Crippen LogP contribution < -0.4 is 5.32 Å². The third kappa shape index (κ3) is 3.05. The van der Waals surface area contributed by atoms with Crippen LogP contribution in [0.4, 0.5) is 4.39 Å². The van der Waals surface area contributed by atoms with Gasteiger partial charge in [-0.2, -0.15) is 0 Å². The number of nitrogens with zero attached hydrogens (tertiary/aromatic N) is 1. The fourth-order valence-corrected chi connectivity index (χ4v) is 2.56. The average Bonchev–Trinajstić information content (AvgIpc) is 2.37. The van der Waals surface area contributed by atoms with Crippen LogP contribution in [0.25, 0.3) is 0 Å².